The molecule has 0 aromatic carbocycles. The minimum absolute atomic E-state index is 0.125. The van der Waals surface area contributed by atoms with Crippen LogP contribution in [0.4, 0.5) is 4.79 Å². The van der Waals surface area contributed by atoms with Gasteiger partial charge < -0.3 is 15.4 Å². The highest BCUT2D eigenvalue weighted by molar-refractivity contribution is 5.68. The number of rotatable bonds is 2. The van der Waals surface area contributed by atoms with Crippen LogP contribution < -0.4 is 5.73 Å². The third-order valence-electron chi connectivity index (χ3n) is 3.97. The number of carbonyl (C=O) groups excluding carboxylic acids is 1. The SMILES string of the molecule is CC(C)(C)OC(=O)N1CCC(CN)(c2ccccn2)CC1. The topological polar surface area (TPSA) is 68.5 Å². The lowest BCUT2D eigenvalue weighted by molar-refractivity contribution is 0.0165. The van der Waals surface area contributed by atoms with Crippen LogP contribution >= 0.6 is 0 Å². The largest absolute Gasteiger partial charge is 0.444 e. The highest BCUT2D eigenvalue weighted by Gasteiger charge is 2.38. The van der Waals surface area contributed by atoms with Crippen molar-refractivity contribution in [1.82, 2.24) is 9.88 Å². The van der Waals surface area contributed by atoms with E-state index in [4.69, 9.17) is 10.5 Å². The first-order chi connectivity index (χ1) is 9.86. The summed E-state index contributed by atoms with van der Waals surface area (Å²) in [7, 11) is 0. The zero-order chi connectivity index (χ0) is 15.5. The summed E-state index contributed by atoms with van der Waals surface area (Å²) in [6.07, 6.45) is 3.20. The van der Waals surface area contributed by atoms with E-state index in [0.717, 1.165) is 18.5 Å². The monoisotopic (exact) mass is 291 g/mol. The number of ether oxygens (including phenoxy) is 1. The summed E-state index contributed by atoms with van der Waals surface area (Å²) >= 11 is 0. The summed E-state index contributed by atoms with van der Waals surface area (Å²) in [5, 5.41) is 0. The molecule has 0 saturated carbocycles. The molecule has 0 radical (unpaired) electrons. The molecule has 5 nitrogen and oxygen atoms in total. The number of aromatic nitrogens is 1. The van der Waals surface area contributed by atoms with Crippen LogP contribution in [-0.4, -0.2) is 41.2 Å². The van der Waals surface area contributed by atoms with Gasteiger partial charge in [-0.2, -0.15) is 0 Å². The number of nitrogens with zero attached hydrogens (tertiary/aromatic N) is 2. The number of piperidine rings is 1. The summed E-state index contributed by atoms with van der Waals surface area (Å²) in [4.78, 5) is 18.3. The Balaban J connectivity index is 2.03. The average Bonchev–Trinajstić information content (AvgIpc) is 2.46. The lowest BCUT2D eigenvalue weighted by Crippen LogP contribution is -2.49. The normalized spacial score (nSPS) is 18.4. The Bertz CT molecular complexity index is 474. The second-order valence-electron chi connectivity index (χ2n) is 6.67. The van der Waals surface area contributed by atoms with Crippen molar-refractivity contribution in [1.29, 1.82) is 0 Å². The molecule has 1 aliphatic rings. The second-order valence-corrected chi connectivity index (χ2v) is 6.67. The molecule has 0 atom stereocenters. The van der Waals surface area contributed by atoms with Crippen molar-refractivity contribution < 1.29 is 9.53 Å². The summed E-state index contributed by atoms with van der Waals surface area (Å²) in [5.41, 5.74) is 6.46. The standard InChI is InChI=1S/C16H25N3O2/c1-15(2,3)21-14(20)19-10-7-16(12-17,8-11-19)13-6-4-5-9-18-13/h4-6,9H,7-8,10-12,17H2,1-3H3. The van der Waals surface area contributed by atoms with Gasteiger partial charge in [0.15, 0.2) is 0 Å². The molecule has 1 saturated heterocycles. The molecule has 1 aromatic heterocycles. The van der Waals surface area contributed by atoms with E-state index in [2.05, 4.69) is 4.98 Å². The van der Waals surface area contributed by atoms with Gasteiger partial charge in [0.05, 0.1) is 0 Å². The minimum atomic E-state index is -0.458. The third-order valence-corrected chi connectivity index (χ3v) is 3.97. The number of hydrogen-bond acceptors (Lipinski definition) is 4. The maximum absolute atomic E-state index is 12.1. The molecule has 0 spiro atoms. The third kappa shape index (κ3) is 3.73. The van der Waals surface area contributed by atoms with Gasteiger partial charge in [-0.25, -0.2) is 4.79 Å². The molecule has 1 aliphatic heterocycles. The van der Waals surface area contributed by atoms with E-state index in [1.807, 2.05) is 39.0 Å². The quantitative estimate of drug-likeness (QED) is 0.908. The smallest absolute Gasteiger partial charge is 0.410 e. The van der Waals surface area contributed by atoms with E-state index in [9.17, 15) is 4.79 Å². The zero-order valence-electron chi connectivity index (χ0n) is 13.1. The van der Waals surface area contributed by atoms with Crippen molar-refractivity contribution in [3.8, 4) is 0 Å². The number of hydrogen-bond donors (Lipinski definition) is 1. The molecule has 116 valence electrons. The van der Waals surface area contributed by atoms with E-state index in [0.29, 0.717) is 19.6 Å². The Morgan fingerprint density at radius 3 is 2.52 bits per heavy atom. The molecule has 2 heterocycles. The molecule has 0 aliphatic carbocycles. The molecule has 1 aromatic rings. The van der Waals surface area contributed by atoms with Crippen molar-refractivity contribution in [3.05, 3.63) is 30.1 Å². The molecule has 2 rings (SSSR count). The molecule has 5 heteroatoms. The highest BCUT2D eigenvalue weighted by Crippen LogP contribution is 2.33. The number of nitrogens with two attached hydrogens (primary N) is 1. The van der Waals surface area contributed by atoms with Crippen LogP contribution in [0.15, 0.2) is 24.4 Å². The Kier molecular flexibility index (Phi) is 4.52. The lowest BCUT2D eigenvalue weighted by atomic mass is 9.75. The molecule has 1 amide bonds. The highest BCUT2D eigenvalue weighted by atomic mass is 16.6. The van der Waals surface area contributed by atoms with Crippen molar-refractivity contribution in [2.24, 2.45) is 5.73 Å². The predicted molar refractivity (Wildman–Crippen MR) is 82.0 cm³/mol. The maximum Gasteiger partial charge on any atom is 0.410 e. The van der Waals surface area contributed by atoms with Crippen molar-refractivity contribution in [3.63, 3.8) is 0 Å². The van der Waals surface area contributed by atoms with Gasteiger partial charge in [0.25, 0.3) is 0 Å². The minimum Gasteiger partial charge on any atom is -0.444 e. The average molecular weight is 291 g/mol. The van der Waals surface area contributed by atoms with E-state index >= 15 is 0 Å². The summed E-state index contributed by atoms with van der Waals surface area (Å²) < 4.78 is 5.42. The molecule has 0 unspecified atom stereocenters. The first-order valence-electron chi connectivity index (χ1n) is 7.46. The summed E-state index contributed by atoms with van der Waals surface area (Å²) in [5.74, 6) is 0. The molecule has 1 fully saturated rings. The van der Waals surface area contributed by atoms with Crippen molar-refractivity contribution in [2.75, 3.05) is 19.6 Å². The van der Waals surface area contributed by atoms with Gasteiger partial charge in [-0.05, 0) is 45.7 Å². The van der Waals surface area contributed by atoms with Gasteiger partial charge in [0.2, 0.25) is 0 Å². The Morgan fingerprint density at radius 1 is 1.38 bits per heavy atom. The van der Waals surface area contributed by atoms with Crippen LogP contribution in [0.3, 0.4) is 0 Å². The van der Waals surface area contributed by atoms with E-state index < -0.39 is 5.60 Å². The second kappa shape index (κ2) is 6.02. The van der Waals surface area contributed by atoms with Gasteiger partial charge >= 0.3 is 6.09 Å². The van der Waals surface area contributed by atoms with Gasteiger partial charge in [-0.1, -0.05) is 6.07 Å². The van der Waals surface area contributed by atoms with E-state index in [-0.39, 0.29) is 11.5 Å². The summed E-state index contributed by atoms with van der Waals surface area (Å²) in [6, 6.07) is 5.92. The fraction of sp³-hybridized carbons (Fsp3) is 0.625. The number of likely N-dealkylation sites (tertiary alicyclic amines) is 1. The molecular weight excluding hydrogens is 266 g/mol. The first-order valence-corrected chi connectivity index (χ1v) is 7.46. The molecule has 0 bridgehead atoms. The van der Waals surface area contributed by atoms with Crippen LogP contribution in [-0.2, 0) is 10.2 Å². The van der Waals surface area contributed by atoms with Crippen molar-refractivity contribution >= 4 is 6.09 Å². The Labute approximate surface area is 126 Å². The van der Waals surface area contributed by atoms with Crippen LogP contribution in [0.5, 0.6) is 0 Å². The van der Waals surface area contributed by atoms with E-state index in [1.54, 1.807) is 11.1 Å². The summed E-state index contributed by atoms with van der Waals surface area (Å²) in [6.45, 7) is 7.50. The molecular formula is C16H25N3O2. The fourth-order valence-electron chi connectivity index (χ4n) is 2.69. The first kappa shape index (κ1) is 15.8. The van der Waals surface area contributed by atoms with Crippen LogP contribution in [0, 0.1) is 0 Å². The maximum atomic E-state index is 12.1. The number of amides is 1. The van der Waals surface area contributed by atoms with Gasteiger partial charge in [-0.15, -0.1) is 0 Å². The Morgan fingerprint density at radius 2 is 2.05 bits per heavy atom. The zero-order valence-corrected chi connectivity index (χ0v) is 13.1. The van der Waals surface area contributed by atoms with Gasteiger partial charge in [0.1, 0.15) is 5.60 Å². The van der Waals surface area contributed by atoms with Crippen LogP contribution in [0.25, 0.3) is 0 Å². The number of carbonyl (C=O) groups is 1. The van der Waals surface area contributed by atoms with Crippen molar-refractivity contribution in [2.45, 2.75) is 44.6 Å². The predicted octanol–water partition coefficient (Wildman–Crippen LogP) is 2.31. The van der Waals surface area contributed by atoms with Gasteiger partial charge in [0, 0.05) is 36.9 Å². The fourth-order valence-corrected chi connectivity index (χ4v) is 2.69. The molecule has 21 heavy (non-hydrogen) atoms. The number of pyridine rings is 1. The van der Waals surface area contributed by atoms with Crippen LogP contribution in [0.1, 0.15) is 39.3 Å². The van der Waals surface area contributed by atoms with E-state index in [1.165, 1.54) is 0 Å². The van der Waals surface area contributed by atoms with Crippen LogP contribution in [0.2, 0.25) is 0 Å². The Hall–Kier alpha value is -1.62. The lowest BCUT2D eigenvalue weighted by Gasteiger charge is -2.41. The van der Waals surface area contributed by atoms with Gasteiger partial charge in [-0.3, -0.25) is 4.98 Å². The molecule has 2 N–H and O–H groups in total.